The van der Waals surface area contributed by atoms with Crippen molar-refractivity contribution in [2.24, 2.45) is 5.73 Å². The first-order chi connectivity index (χ1) is 8.94. The summed E-state index contributed by atoms with van der Waals surface area (Å²) in [5.74, 6) is -0.572. The summed E-state index contributed by atoms with van der Waals surface area (Å²) in [5.41, 5.74) is 4.76. The van der Waals surface area contributed by atoms with E-state index in [2.05, 4.69) is 41.5 Å². The largest absolute Gasteiger partial charge is 0.459 e. The summed E-state index contributed by atoms with van der Waals surface area (Å²) >= 11 is 0. The van der Waals surface area contributed by atoms with Crippen LogP contribution in [0.2, 0.25) is 0 Å². The minimum atomic E-state index is -0.954. The van der Waals surface area contributed by atoms with Gasteiger partial charge in [0, 0.05) is 0 Å². The molecule has 0 aliphatic heterocycles. The van der Waals surface area contributed by atoms with Gasteiger partial charge in [-0.05, 0) is 69.2 Å². The molecule has 0 spiro atoms. The van der Waals surface area contributed by atoms with Gasteiger partial charge in [0.05, 0.1) is 17.3 Å². The van der Waals surface area contributed by atoms with Crippen molar-refractivity contribution < 1.29 is 19.4 Å². The maximum atomic E-state index is 11.1. The summed E-state index contributed by atoms with van der Waals surface area (Å²) in [6.45, 7) is 19.1. The van der Waals surface area contributed by atoms with E-state index in [1.54, 1.807) is 20.8 Å². The van der Waals surface area contributed by atoms with Crippen molar-refractivity contribution in [2.45, 2.75) is 98.2 Å². The third-order valence-corrected chi connectivity index (χ3v) is 1.81. The number of carbonyl (C=O) groups is 1. The minimum absolute atomic E-state index is 0.0156. The van der Waals surface area contributed by atoms with Crippen LogP contribution in [0, 0.1) is 0 Å². The summed E-state index contributed by atoms with van der Waals surface area (Å²) in [6.07, 6.45) is -0.875. The molecule has 0 aromatic carbocycles. The molecule has 3 N–H and O–H groups in total. The summed E-state index contributed by atoms with van der Waals surface area (Å²) in [6, 6.07) is -0.954. The van der Waals surface area contributed by atoms with Crippen molar-refractivity contribution in [2.75, 3.05) is 0 Å². The Labute approximate surface area is 130 Å². The number of aliphatic hydroxyl groups is 1. The molecule has 0 aromatic heterocycles. The van der Waals surface area contributed by atoms with Crippen LogP contribution in [0.5, 0.6) is 0 Å². The number of hydrogen-bond donors (Lipinski definition) is 2. The summed E-state index contributed by atoms with van der Waals surface area (Å²) in [5, 5.41) is 8.96. The van der Waals surface area contributed by atoms with E-state index in [0.29, 0.717) is 0 Å². The smallest absolute Gasteiger partial charge is 0.326 e. The Bertz CT molecular complexity index is 294. The lowest BCUT2D eigenvalue weighted by molar-refractivity contribution is -0.158. The number of rotatable bonds is 2. The van der Waals surface area contributed by atoms with Gasteiger partial charge in [0.2, 0.25) is 0 Å². The average Bonchev–Trinajstić information content (AvgIpc) is 2.08. The molecule has 0 saturated carbocycles. The number of esters is 1. The maximum absolute atomic E-state index is 11.1. The van der Waals surface area contributed by atoms with Crippen molar-refractivity contribution in [1.82, 2.24) is 0 Å². The second-order valence-electron chi connectivity index (χ2n) is 8.13. The fraction of sp³-hybridized carbons (Fsp3) is 0.938. The first-order valence-corrected chi connectivity index (χ1v) is 7.31. The molecule has 0 heterocycles. The Morgan fingerprint density at radius 3 is 1.38 bits per heavy atom. The number of carbonyl (C=O) groups excluding carboxylic acids is 1. The molecule has 0 rings (SSSR count). The van der Waals surface area contributed by atoms with E-state index >= 15 is 0 Å². The molecule has 0 aliphatic carbocycles. The van der Waals surface area contributed by atoms with E-state index < -0.39 is 23.7 Å². The van der Waals surface area contributed by atoms with Crippen LogP contribution in [-0.4, -0.2) is 40.0 Å². The fourth-order valence-electron chi connectivity index (χ4n) is 1.49. The predicted octanol–water partition coefficient (Wildman–Crippen LogP) is 2.64. The molecule has 0 aromatic rings. The van der Waals surface area contributed by atoms with Gasteiger partial charge >= 0.3 is 5.97 Å². The van der Waals surface area contributed by atoms with E-state index in [0.717, 1.165) is 0 Å². The van der Waals surface area contributed by atoms with Gasteiger partial charge in [0.1, 0.15) is 11.6 Å². The van der Waals surface area contributed by atoms with Crippen LogP contribution in [0.4, 0.5) is 0 Å². The summed E-state index contributed by atoms with van der Waals surface area (Å²) in [7, 11) is 0. The molecule has 0 radical (unpaired) electrons. The summed E-state index contributed by atoms with van der Waals surface area (Å²) in [4.78, 5) is 11.1. The number of ether oxygens (including phenoxy) is 2. The molecule has 5 nitrogen and oxygen atoms in total. The topological polar surface area (TPSA) is 81.8 Å². The van der Waals surface area contributed by atoms with Crippen LogP contribution in [0.15, 0.2) is 0 Å². The predicted molar refractivity (Wildman–Crippen MR) is 86.1 cm³/mol. The van der Waals surface area contributed by atoms with Gasteiger partial charge in [0.15, 0.2) is 0 Å². The van der Waals surface area contributed by atoms with Gasteiger partial charge in [-0.3, -0.25) is 4.79 Å². The van der Waals surface area contributed by atoms with Crippen LogP contribution >= 0.6 is 0 Å². The highest BCUT2D eigenvalue weighted by molar-refractivity contribution is 5.76. The molecule has 128 valence electrons. The van der Waals surface area contributed by atoms with Crippen LogP contribution in [0.3, 0.4) is 0 Å². The molecular formula is C16H35NO4. The molecule has 0 saturated heterocycles. The zero-order valence-electron chi connectivity index (χ0n) is 15.4. The van der Waals surface area contributed by atoms with E-state index in [4.69, 9.17) is 20.3 Å². The molecule has 2 atom stereocenters. The quantitative estimate of drug-likeness (QED) is 0.766. The highest BCUT2D eigenvalue weighted by Crippen LogP contribution is 2.18. The Morgan fingerprint density at radius 2 is 1.24 bits per heavy atom. The molecule has 2 unspecified atom stereocenters. The second kappa shape index (κ2) is 8.11. The lowest BCUT2D eigenvalue weighted by Crippen LogP contribution is -2.44. The molecular weight excluding hydrogens is 270 g/mol. The number of hydrogen-bond acceptors (Lipinski definition) is 5. The number of aliphatic hydroxyl groups excluding tert-OH is 1. The summed E-state index contributed by atoms with van der Waals surface area (Å²) < 4.78 is 10.6. The Hall–Kier alpha value is -0.650. The highest BCUT2D eigenvalue weighted by Gasteiger charge is 2.25. The third kappa shape index (κ3) is 17.3. The Kier molecular flexibility index (Phi) is 8.74. The normalized spacial score (nSPS) is 15.6. The van der Waals surface area contributed by atoms with Crippen molar-refractivity contribution in [3.8, 4) is 0 Å². The SMILES string of the molecule is CC(C)(C)OC(C)(C)C.CC(O)C(N)C(=O)OC(C)(C)C. The lowest BCUT2D eigenvalue weighted by atomic mass is 10.1. The van der Waals surface area contributed by atoms with Crippen LogP contribution in [0.25, 0.3) is 0 Å². The zero-order chi connectivity index (χ0) is 17.6. The molecule has 0 bridgehead atoms. The molecule has 0 aliphatic rings. The van der Waals surface area contributed by atoms with Gasteiger partial charge in [-0.25, -0.2) is 0 Å². The van der Waals surface area contributed by atoms with Gasteiger partial charge in [-0.2, -0.15) is 0 Å². The Morgan fingerprint density at radius 1 is 0.905 bits per heavy atom. The van der Waals surface area contributed by atoms with Crippen molar-refractivity contribution >= 4 is 5.97 Å². The second-order valence-corrected chi connectivity index (χ2v) is 8.13. The fourth-order valence-corrected chi connectivity index (χ4v) is 1.49. The third-order valence-electron chi connectivity index (χ3n) is 1.81. The first-order valence-electron chi connectivity index (χ1n) is 7.31. The Balaban J connectivity index is 0. The van der Waals surface area contributed by atoms with E-state index in [9.17, 15) is 4.79 Å². The molecule has 5 heteroatoms. The van der Waals surface area contributed by atoms with Crippen molar-refractivity contribution in [3.05, 3.63) is 0 Å². The van der Waals surface area contributed by atoms with Gasteiger partial charge < -0.3 is 20.3 Å². The van der Waals surface area contributed by atoms with E-state index in [-0.39, 0.29) is 11.2 Å². The van der Waals surface area contributed by atoms with Crippen molar-refractivity contribution in [1.29, 1.82) is 0 Å². The first kappa shape index (κ1) is 22.6. The minimum Gasteiger partial charge on any atom is -0.459 e. The van der Waals surface area contributed by atoms with Crippen LogP contribution < -0.4 is 5.73 Å². The average molecular weight is 305 g/mol. The van der Waals surface area contributed by atoms with E-state index in [1.165, 1.54) is 6.92 Å². The zero-order valence-corrected chi connectivity index (χ0v) is 15.4. The standard InChI is InChI=1S/C8H17NO3.C8H18O/c1-5(10)6(9)7(11)12-8(2,3)4;1-7(2,3)9-8(4,5)6/h5-6,10H,9H2,1-4H3;1-6H3. The van der Waals surface area contributed by atoms with Gasteiger partial charge in [-0.1, -0.05) is 0 Å². The highest BCUT2D eigenvalue weighted by atomic mass is 16.6. The van der Waals surface area contributed by atoms with Crippen LogP contribution in [0.1, 0.15) is 69.2 Å². The number of nitrogens with two attached hydrogens (primary N) is 1. The van der Waals surface area contributed by atoms with Crippen molar-refractivity contribution in [3.63, 3.8) is 0 Å². The molecule has 0 amide bonds. The maximum Gasteiger partial charge on any atom is 0.326 e. The van der Waals surface area contributed by atoms with Gasteiger partial charge in [-0.15, -0.1) is 0 Å². The van der Waals surface area contributed by atoms with Gasteiger partial charge in [0.25, 0.3) is 0 Å². The molecule has 0 fully saturated rings. The van der Waals surface area contributed by atoms with E-state index in [1.807, 2.05) is 0 Å². The lowest BCUT2D eigenvalue weighted by Gasteiger charge is -2.30. The van der Waals surface area contributed by atoms with Crippen LogP contribution in [-0.2, 0) is 14.3 Å². The molecule has 21 heavy (non-hydrogen) atoms. The monoisotopic (exact) mass is 305 g/mol.